The molecule has 0 bridgehead atoms. The summed E-state index contributed by atoms with van der Waals surface area (Å²) in [6.07, 6.45) is 4.31. The van der Waals surface area contributed by atoms with Crippen molar-refractivity contribution in [3.8, 4) is 0 Å². The number of aromatic nitrogens is 4. The standard InChI is InChI=1S/C19H25N5O3S/c1-12(2)10-24-17-9-20-7-5-16(17)21-19(24)15-6-8-23(11-15)28(25,26)18-13(3)22-27-14(18)4/h5,7,9,12,15H,6,8,10-11H2,1-4H3/t15-/m1/s1. The number of imidazole rings is 1. The van der Waals surface area contributed by atoms with Crippen molar-refractivity contribution >= 4 is 21.1 Å². The summed E-state index contributed by atoms with van der Waals surface area (Å²) < 4.78 is 35.1. The first kappa shape index (κ1) is 19.1. The average Bonchev–Trinajstić information content (AvgIpc) is 3.33. The van der Waals surface area contributed by atoms with E-state index in [-0.39, 0.29) is 10.8 Å². The molecular formula is C19H25N5O3S. The zero-order valence-electron chi connectivity index (χ0n) is 16.6. The van der Waals surface area contributed by atoms with Crippen LogP contribution in [0.25, 0.3) is 11.0 Å². The van der Waals surface area contributed by atoms with Crippen LogP contribution >= 0.6 is 0 Å². The van der Waals surface area contributed by atoms with Gasteiger partial charge in [-0.15, -0.1) is 0 Å². The molecule has 1 atom stereocenters. The van der Waals surface area contributed by atoms with Gasteiger partial charge in [0.2, 0.25) is 10.0 Å². The fourth-order valence-electron chi connectivity index (χ4n) is 3.99. The Morgan fingerprint density at radius 2 is 2.11 bits per heavy atom. The van der Waals surface area contributed by atoms with Gasteiger partial charge in [-0.25, -0.2) is 13.4 Å². The molecular weight excluding hydrogens is 378 g/mol. The zero-order chi connectivity index (χ0) is 20.1. The fourth-order valence-corrected chi connectivity index (χ4v) is 5.78. The smallest absolute Gasteiger partial charge is 0.248 e. The van der Waals surface area contributed by atoms with Gasteiger partial charge in [-0.2, -0.15) is 4.31 Å². The normalized spacial score (nSPS) is 18.5. The van der Waals surface area contributed by atoms with Crippen molar-refractivity contribution in [1.29, 1.82) is 0 Å². The first-order valence-electron chi connectivity index (χ1n) is 9.52. The van der Waals surface area contributed by atoms with Gasteiger partial charge in [0, 0.05) is 31.7 Å². The minimum Gasteiger partial charge on any atom is -0.360 e. The van der Waals surface area contributed by atoms with Crippen LogP contribution in [0.3, 0.4) is 0 Å². The molecule has 1 aliphatic rings. The third kappa shape index (κ3) is 3.12. The number of rotatable bonds is 5. The van der Waals surface area contributed by atoms with Crippen LogP contribution in [0.4, 0.5) is 0 Å². The highest BCUT2D eigenvalue weighted by Crippen LogP contribution is 2.34. The molecule has 8 nitrogen and oxygen atoms in total. The van der Waals surface area contributed by atoms with E-state index in [1.54, 1.807) is 20.0 Å². The number of sulfonamides is 1. The van der Waals surface area contributed by atoms with E-state index in [0.717, 1.165) is 29.8 Å². The van der Waals surface area contributed by atoms with E-state index in [4.69, 9.17) is 9.51 Å². The van der Waals surface area contributed by atoms with Crippen LogP contribution in [-0.2, 0) is 16.6 Å². The second kappa shape index (κ2) is 6.97. The summed E-state index contributed by atoms with van der Waals surface area (Å²) in [5, 5.41) is 3.80. The third-order valence-electron chi connectivity index (χ3n) is 5.21. The van der Waals surface area contributed by atoms with Crippen LogP contribution in [0.1, 0.15) is 43.5 Å². The van der Waals surface area contributed by atoms with Crippen LogP contribution < -0.4 is 0 Å². The van der Waals surface area contributed by atoms with Crippen molar-refractivity contribution in [2.75, 3.05) is 13.1 Å². The molecule has 0 N–H and O–H groups in total. The second-order valence-corrected chi connectivity index (χ2v) is 9.72. The van der Waals surface area contributed by atoms with Crippen LogP contribution in [0.2, 0.25) is 0 Å². The molecule has 4 rings (SSSR count). The van der Waals surface area contributed by atoms with E-state index in [1.807, 2.05) is 12.3 Å². The number of hydrogen-bond donors (Lipinski definition) is 0. The van der Waals surface area contributed by atoms with E-state index in [9.17, 15) is 8.42 Å². The van der Waals surface area contributed by atoms with E-state index < -0.39 is 10.0 Å². The Hall–Kier alpha value is -2.26. The summed E-state index contributed by atoms with van der Waals surface area (Å²) in [6, 6.07) is 1.91. The van der Waals surface area contributed by atoms with Gasteiger partial charge in [-0.05, 0) is 32.3 Å². The van der Waals surface area contributed by atoms with Crippen molar-refractivity contribution in [1.82, 2.24) is 24.0 Å². The lowest BCUT2D eigenvalue weighted by atomic mass is 10.1. The molecule has 9 heteroatoms. The number of hydrogen-bond acceptors (Lipinski definition) is 6. The first-order chi connectivity index (χ1) is 13.3. The Morgan fingerprint density at radius 1 is 1.32 bits per heavy atom. The van der Waals surface area contributed by atoms with E-state index >= 15 is 0 Å². The Bertz CT molecular complexity index is 1100. The Morgan fingerprint density at radius 3 is 2.79 bits per heavy atom. The largest absolute Gasteiger partial charge is 0.360 e. The molecule has 1 fully saturated rings. The Labute approximate surface area is 164 Å². The molecule has 3 aromatic rings. The predicted molar refractivity (Wildman–Crippen MR) is 104 cm³/mol. The van der Waals surface area contributed by atoms with Gasteiger partial charge in [0.15, 0.2) is 5.76 Å². The maximum atomic E-state index is 13.1. The Balaban J connectivity index is 1.68. The summed E-state index contributed by atoms with van der Waals surface area (Å²) >= 11 is 0. The lowest BCUT2D eigenvalue weighted by molar-refractivity contribution is 0.389. The average molecular weight is 404 g/mol. The van der Waals surface area contributed by atoms with E-state index in [0.29, 0.717) is 30.5 Å². The van der Waals surface area contributed by atoms with Gasteiger partial charge in [-0.3, -0.25) is 4.98 Å². The fraction of sp³-hybridized carbons (Fsp3) is 0.526. The zero-order valence-corrected chi connectivity index (χ0v) is 17.4. The van der Waals surface area contributed by atoms with Gasteiger partial charge in [0.25, 0.3) is 0 Å². The minimum atomic E-state index is -3.64. The molecule has 0 amide bonds. The highest BCUT2D eigenvalue weighted by Gasteiger charge is 2.38. The molecule has 0 aromatic carbocycles. The molecule has 28 heavy (non-hydrogen) atoms. The molecule has 0 radical (unpaired) electrons. The van der Waals surface area contributed by atoms with Gasteiger partial charge >= 0.3 is 0 Å². The van der Waals surface area contributed by atoms with Gasteiger partial charge < -0.3 is 9.09 Å². The van der Waals surface area contributed by atoms with Gasteiger partial charge in [0.1, 0.15) is 16.4 Å². The number of aryl methyl sites for hydroxylation is 2. The molecule has 0 spiro atoms. The maximum absolute atomic E-state index is 13.1. The molecule has 3 aromatic heterocycles. The molecule has 150 valence electrons. The van der Waals surface area contributed by atoms with Gasteiger partial charge in [-0.1, -0.05) is 19.0 Å². The maximum Gasteiger partial charge on any atom is 0.248 e. The summed E-state index contributed by atoms with van der Waals surface area (Å²) in [4.78, 5) is 9.26. The minimum absolute atomic E-state index is 0.0430. The molecule has 0 aliphatic carbocycles. The van der Waals surface area contributed by atoms with Crippen LogP contribution in [0.15, 0.2) is 27.9 Å². The monoisotopic (exact) mass is 403 g/mol. The molecule has 0 unspecified atom stereocenters. The van der Waals surface area contributed by atoms with E-state index in [2.05, 4.69) is 28.6 Å². The quantitative estimate of drug-likeness (QED) is 0.650. The number of fused-ring (bicyclic) bond motifs is 1. The first-order valence-corrected chi connectivity index (χ1v) is 11.0. The van der Waals surface area contributed by atoms with Crippen LogP contribution in [0, 0.1) is 19.8 Å². The Kier molecular flexibility index (Phi) is 4.75. The van der Waals surface area contributed by atoms with Crippen molar-refractivity contribution < 1.29 is 12.9 Å². The highest BCUT2D eigenvalue weighted by atomic mass is 32.2. The number of nitrogens with zero attached hydrogens (tertiary/aromatic N) is 5. The number of pyridine rings is 1. The highest BCUT2D eigenvalue weighted by molar-refractivity contribution is 7.89. The lowest BCUT2D eigenvalue weighted by Crippen LogP contribution is -2.29. The van der Waals surface area contributed by atoms with E-state index in [1.165, 1.54) is 4.31 Å². The summed E-state index contributed by atoms with van der Waals surface area (Å²) in [6.45, 7) is 9.30. The summed E-state index contributed by atoms with van der Waals surface area (Å²) in [5.41, 5.74) is 2.30. The molecule has 1 saturated heterocycles. The topological polar surface area (TPSA) is 94.1 Å². The van der Waals surface area contributed by atoms with Crippen molar-refractivity contribution in [3.05, 3.63) is 35.7 Å². The lowest BCUT2D eigenvalue weighted by Gasteiger charge is -2.18. The van der Waals surface area contributed by atoms with Crippen molar-refractivity contribution in [3.63, 3.8) is 0 Å². The van der Waals surface area contributed by atoms with Crippen LogP contribution in [-0.4, -0.2) is 45.5 Å². The van der Waals surface area contributed by atoms with Crippen LogP contribution in [0.5, 0.6) is 0 Å². The van der Waals surface area contributed by atoms with Crippen molar-refractivity contribution in [2.24, 2.45) is 5.92 Å². The molecule has 4 heterocycles. The third-order valence-corrected chi connectivity index (χ3v) is 7.32. The summed E-state index contributed by atoms with van der Waals surface area (Å²) in [7, 11) is -3.64. The van der Waals surface area contributed by atoms with Crippen molar-refractivity contribution in [2.45, 2.75) is 51.5 Å². The SMILES string of the molecule is Cc1noc(C)c1S(=O)(=O)N1CC[C@@H](c2nc3ccncc3n2CC(C)C)C1. The predicted octanol–water partition coefficient (Wildman–Crippen LogP) is 2.87. The second-order valence-electron chi connectivity index (χ2n) is 7.84. The summed E-state index contributed by atoms with van der Waals surface area (Å²) in [5.74, 6) is 1.76. The molecule has 0 saturated carbocycles. The van der Waals surface area contributed by atoms with Gasteiger partial charge in [0.05, 0.1) is 17.2 Å². The molecule has 1 aliphatic heterocycles.